The van der Waals surface area contributed by atoms with Gasteiger partial charge in [0.05, 0.1) is 0 Å². The average molecular weight is 325 g/mol. The molecule has 2 aromatic heterocycles. The van der Waals surface area contributed by atoms with Gasteiger partial charge in [-0.2, -0.15) is 0 Å². The van der Waals surface area contributed by atoms with Crippen LogP contribution in [0.3, 0.4) is 0 Å². The van der Waals surface area contributed by atoms with Crippen molar-refractivity contribution in [2.45, 2.75) is 26.3 Å². The Hall–Kier alpha value is -0.710. The topological polar surface area (TPSA) is 24.9 Å². The molecule has 1 N–H and O–H groups in total. The van der Waals surface area contributed by atoms with E-state index >= 15 is 0 Å². The van der Waals surface area contributed by atoms with Crippen LogP contribution in [0.4, 0.5) is 0 Å². The van der Waals surface area contributed by atoms with Crippen molar-refractivity contribution in [3.63, 3.8) is 0 Å². The van der Waals surface area contributed by atoms with Crippen molar-refractivity contribution in [1.29, 1.82) is 0 Å². The number of likely N-dealkylation sites (N-methyl/N-ethyl adjacent to an activating group) is 1. The minimum Gasteiger partial charge on any atom is -0.309 e. The Kier molecular flexibility index (Phi) is 4.92. The monoisotopic (exact) mass is 324 g/mol. The summed E-state index contributed by atoms with van der Waals surface area (Å²) in [5.74, 6) is 0. The molecule has 0 bridgehead atoms. The first-order chi connectivity index (χ1) is 8.70. The van der Waals surface area contributed by atoms with Gasteiger partial charge in [-0.1, -0.05) is 6.92 Å². The molecule has 2 rings (SSSR count). The molecule has 0 aliphatic carbocycles. The highest BCUT2D eigenvalue weighted by Gasteiger charge is 2.15. The zero-order chi connectivity index (χ0) is 13.0. The molecule has 4 heteroatoms. The van der Waals surface area contributed by atoms with Crippen LogP contribution in [-0.4, -0.2) is 11.5 Å². The summed E-state index contributed by atoms with van der Waals surface area (Å²) in [6, 6.07) is 6.67. The van der Waals surface area contributed by atoms with E-state index in [0.717, 1.165) is 23.1 Å². The number of rotatable bonds is 5. The predicted octanol–water partition coefficient (Wildman–Crippen LogP) is 4.11. The van der Waals surface area contributed by atoms with Gasteiger partial charge in [-0.05, 0) is 58.5 Å². The number of aromatic nitrogens is 1. The lowest BCUT2D eigenvalue weighted by Crippen LogP contribution is -2.23. The Morgan fingerprint density at radius 1 is 1.39 bits per heavy atom. The van der Waals surface area contributed by atoms with E-state index in [9.17, 15) is 0 Å². The lowest BCUT2D eigenvalue weighted by atomic mass is 10.1. The van der Waals surface area contributed by atoms with Crippen molar-refractivity contribution in [3.05, 3.63) is 50.4 Å². The highest BCUT2D eigenvalue weighted by atomic mass is 79.9. The SMILES string of the molecule is CCNC(Cc1ccc(Br)cn1)c1sccc1C. The summed E-state index contributed by atoms with van der Waals surface area (Å²) in [5.41, 5.74) is 2.49. The molecule has 0 aliphatic heterocycles. The van der Waals surface area contributed by atoms with Gasteiger partial charge in [0.1, 0.15) is 0 Å². The predicted molar refractivity (Wildman–Crippen MR) is 81.1 cm³/mol. The minimum absolute atomic E-state index is 0.365. The Bertz CT molecular complexity index is 493. The summed E-state index contributed by atoms with van der Waals surface area (Å²) in [5, 5.41) is 5.70. The fourth-order valence-corrected chi connectivity index (χ4v) is 3.22. The van der Waals surface area contributed by atoms with Crippen LogP contribution in [0.1, 0.15) is 29.1 Å². The first kappa shape index (κ1) is 13.7. The van der Waals surface area contributed by atoms with E-state index in [2.05, 4.69) is 57.6 Å². The van der Waals surface area contributed by atoms with E-state index < -0.39 is 0 Å². The van der Waals surface area contributed by atoms with Gasteiger partial charge in [0, 0.05) is 33.7 Å². The zero-order valence-corrected chi connectivity index (χ0v) is 13.0. The second kappa shape index (κ2) is 6.45. The van der Waals surface area contributed by atoms with Crippen molar-refractivity contribution in [2.75, 3.05) is 6.54 Å². The molecule has 0 saturated heterocycles. The molecule has 0 radical (unpaired) electrons. The number of thiophene rings is 1. The van der Waals surface area contributed by atoms with Gasteiger partial charge in [0.25, 0.3) is 0 Å². The molecule has 0 aromatic carbocycles. The molecule has 2 heterocycles. The molecule has 1 unspecified atom stereocenters. The quantitative estimate of drug-likeness (QED) is 0.895. The second-order valence-electron chi connectivity index (χ2n) is 4.25. The molecular formula is C14H17BrN2S. The maximum atomic E-state index is 4.46. The molecule has 2 aromatic rings. The highest BCUT2D eigenvalue weighted by molar-refractivity contribution is 9.10. The number of nitrogens with one attached hydrogen (secondary N) is 1. The lowest BCUT2D eigenvalue weighted by Gasteiger charge is -2.17. The Balaban J connectivity index is 2.16. The molecule has 0 amide bonds. The Labute approximate surface area is 121 Å². The number of nitrogens with zero attached hydrogens (tertiary/aromatic N) is 1. The highest BCUT2D eigenvalue weighted by Crippen LogP contribution is 2.26. The molecular weight excluding hydrogens is 308 g/mol. The Morgan fingerprint density at radius 3 is 2.78 bits per heavy atom. The number of halogens is 1. The lowest BCUT2D eigenvalue weighted by molar-refractivity contribution is 0.550. The van der Waals surface area contributed by atoms with E-state index in [4.69, 9.17) is 0 Å². The summed E-state index contributed by atoms with van der Waals surface area (Å²) in [7, 11) is 0. The van der Waals surface area contributed by atoms with Gasteiger partial charge in [-0.25, -0.2) is 0 Å². The summed E-state index contributed by atoms with van der Waals surface area (Å²) in [4.78, 5) is 5.88. The van der Waals surface area contributed by atoms with Gasteiger partial charge >= 0.3 is 0 Å². The normalized spacial score (nSPS) is 12.6. The van der Waals surface area contributed by atoms with Gasteiger partial charge in [0.2, 0.25) is 0 Å². The second-order valence-corrected chi connectivity index (χ2v) is 6.11. The fourth-order valence-electron chi connectivity index (χ4n) is 1.98. The molecule has 96 valence electrons. The van der Waals surface area contributed by atoms with Crippen LogP contribution in [0.25, 0.3) is 0 Å². The van der Waals surface area contributed by atoms with Gasteiger partial charge in [-0.15, -0.1) is 11.3 Å². The van der Waals surface area contributed by atoms with Crippen molar-refractivity contribution in [2.24, 2.45) is 0 Å². The summed E-state index contributed by atoms with van der Waals surface area (Å²) in [6.45, 7) is 5.29. The van der Waals surface area contributed by atoms with Crippen molar-refractivity contribution < 1.29 is 0 Å². The maximum Gasteiger partial charge on any atom is 0.0473 e. The maximum absolute atomic E-state index is 4.46. The Morgan fingerprint density at radius 2 is 2.22 bits per heavy atom. The van der Waals surface area contributed by atoms with E-state index in [1.807, 2.05) is 23.6 Å². The fraction of sp³-hybridized carbons (Fsp3) is 0.357. The molecule has 0 fully saturated rings. The number of hydrogen-bond acceptors (Lipinski definition) is 3. The minimum atomic E-state index is 0.365. The molecule has 18 heavy (non-hydrogen) atoms. The number of pyridine rings is 1. The molecule has 2 nitrogen and oxygen atoms in total. The van der Waals surface area contributed by atoms with Gasteiger partial charge in [-0.3, -0.25) is 4.98 Å². The van der Waals surface area contributed by atoms with E-state index in [0.29, 0.717) is 6.04 Å². The number of hydrogen-bond donors (Lipinski definition) is 1. The first-order valence-electron chi connectivity index (χ1n) is 6.08. The average Bonchev–Trinajstić information content (AvgIpc) is 2.78. The standard InChI is InChI=1S/C14H17BrN2S/c1-3-16-13(14-10(2)6-7-18-14)8-12-5-4-11(15)9-17-12/h4-7,9,13,16H,3,8H2,1-2H3. The van der Waals surface area contributed by atoms with E-state index in [1.165, 1.54) is 10.4 Å². The van der Waals surface area contributed by atoms with Crippen LogP contribution in [0.2, 0.25) is 0 Å². The van der Waals surface area contributed by atoms with Crippen molar-refractivity contribution in [3.8, 4) is 0 Å². The van der Waals surface area contributed by atoms with Crippen LogP contribution in [0, 0.1) is 6.92 Å². The molecule has 1 atom stereocenters. The molecule has 0 spiro atoms. The van der Waals surface area contributed by atoms with Crippen LogP contribution in [-0.2, 0) is 6.42 Å². The van der Waals surface area contributed by atoms with Gasteiger partial charge in [0.15, 0.2) is 0 Å². The van der Waals surface area contributed by atoms with Gasteiger partial charge < -0.3 is 5.32 Å². The van der Waals surface area contributed by atoms with E-state index in [-0.39, 0.29) is 0 Å². The number of aryl methyl sites for hydroxylation is 1. The molecule has 0 saturated carbocycles. The first-order valence-corrected chi connectivity index (χ1v) is 7.75. The summed E-state index contributed by atoms with van der Waals surface area (Å²) >= 11 is 5.24. The third-order valence-electron chi connectivity index (χ3n) is 2.87. The van der Waals surface area contributed by atoms with Crippen LogP contribution >= 0.6 is 27.3 Å². The van der Waals surface area contributed by atoms with Crippen molar-refractivity contribution in [1.82, 2.24) is 10.3 Å². The van der Waals surface area contributed by atoms with Crippen LogP contribution in [0.15, 0.2) is 34.2 Å². The summed E-state index contributed by atoms with van der Waals surface area (Å²) in [6.07, 6.45) is 2.79. The largest absolute Gasteiger partial charge is 0.309 e. The van der Waals surface area contributed by atoms with Crippen molar-refractivity contribution >= 4 is 27.3 Å². The third-order valence-corrected chi connectivity index (χ3v) is 4.47. The van der Waals surface area contributed by atoms with Crippen LogP contribution < -0.4 is 5.32 Å². The zero-order valence-electron chi connectivity index (χ0n) is 10.6. The smallest absolute Gasteiger partial charge is 0.0473 e. The summed E-state index contributed by atoms with van der Waals surface area (Å²) < 4.78 is 1.03. The van der Waals surface area contributed by atoms with Crippen LogP contribution in [0.5, 0.6) is 0 Å². The third kappa shape index (κ3) is 3.40. The van der Waals surface area contributed by atoms with E-state index in [1.54, 1.807) is 0 Å². The molecule has 0 aliphatic rings.